The van der Waals surface area contributed by atoms with Crippen molar-refractivity contribution in [1.82, 2.24) is 0 Å². The molecule has 6 nitrogen and oxygen atoms in total. The summed E-state index contributed by atoms with van der Waals surface area (Å²) in [6, 6.07) is 3.89. The maximum atomic E-state index is 11.4. The zero-order valence-corrected chi connectivity index (χ0v) is 10.4. The van der Waals surface area contributed by atoms with E-state index in [4.69, 9.17) is 11.6 Å². The van der Waals surface area contributed by atoms with E-state index in [1.807, 2.05) is 0 Å². The Kier molecular flexibility index (Phi) is 4.79. The molecule has 0 aliphatic carbocycles. The summed E-state index contributed by atoms with van der Waals surface area (Å²) in [5.41, 5.74) is 0.137. The van der Waals surface area contributed by atoms with Crippen LogP contribution in [0.2, 0.25) is 5.02 Å². The summed E-state index contributed by atoms with van der Waals surface area (Å²) in [5, 5.41) is 13.0. The number of hydrogen-bond acceptors (Lipinski definition) is 4. The molecule has 7 heteroatoms. The van der Waals surface area contributed by atoms with Crippen LogP contribution in [0.5, 0.6) is 0 Å². The quantitative estimate of drug-likeness (QED) is 0.658. The van der Waals surface area contributed by atoms with Gasteiger partial charge in [0.1, 0.15) is 10.8 Å². The van der Waals surface area contributed by atoms with Crippen molar-refractivity contribution in [2.75, 3.05) is 5.32 Å². The fraction of sp³-hybridized carbons (Fsp3) is 0.273. The number of carbonyl (C=O) groups is 2. The fourth-order valence-corrected chi connectivity index (χ4v) is 1.50. The highest BCUT2D eigenvalue weighted by atomic mass is 35.5. The van der Waals surface area contributed by atoms with Crippen molar-refractivity contribution < 1.29 is 14.5 Å². The van der Waals surface area contributed by atoms with E-state index in [0.29, 0.717) is 5.69 Å². The lowest BCUT2D eigenvalue weighted by Crippen LogP contribution is -2.12. The second-order valence-electron chi connectivity index (χ2n) is 3.67. The van der Waals surface area contributed by atoms with E-state index in [0.717, 1.165) is 0 Å². The minimum atomic E-state index is -0.607. The van der Waals surface area contributed by atoms with Crippen LogP contribution in [-0.4, -0.2) is 16.6 Å². The van der Waals surface area contributed by atoms with E-state index in [1.54, 1.807) is 0 Å². The van der Waals surface area contributed by atoms with Gasteiger partial charge in [-0.05, 0) is 19.1 Å². The normalized spacial score (nSPS) is 9.89. The number of carbonyl (C=O) groups excluding carboxylic acids is 2. The first-order chi connectivity index (χ1) is 8.40. The highest BCUT2D eigenvalue weighted by molar-refractivity contribution is 6.33. The number of halogens is 1. The van der Waals surface area contributed by atoms with Gasteiger partial charge in [0.15, 0.2) is 0 Å². The number of nitro benzene ring substituents is 1. The molecule has 0 fully saturated rings. The Balaban J connectivity index is 2.69. The Hall–Kier alpha value is -1.95. The van der Waals surface area contributed by atoms with Crippen LogP contribution in [0.15, 0.2) is 18.2 Å². The molecular weight excluding hydrogens is 260 g/mol. The molecule has 0 radical (unpaired) electrons. The maximum absolute atomic E-state index is 11.4. The predicted octanol–water partition coefficient (Wildman–Crippen LogP) is 2.56. The minimum Gasteiger partial charge on any atom is -0.326 e. The standard InChI is InChI=1S/C11H11ClN2O4/c1-7(15)2-5-11(16)13-8-3-4-10(14(17)18)9(12)6-8/h3-4,6H,2,5H2,1H3,(H,13,16). The van der Waals surface area contributed by atoms with Crippen LogP contribution in [0.1, 0.15) is 19.8 Å². The van der Waals surface area contributed by atoms with Crippen molar-refractivity contribution >= 4 is 34.7 Å². The summed E-state index contributed by atoms with van der Waals surface area (Å²) >= 11 is 5.69. The van der Waals surface area contributed by atoms with E-state index in [1.165, 1.54) is 25.1 Å². The first-order valence-corrected chi connectivity index (χ1v) is 5.51. The van der Waals surface area contributed by atoms with Crippen LogP contribution < -0.4 is 5.32 Å². The van der Waals surface area contributed by atoms with Gasteiger partial charge in [0.25, 0.3) is 5.69 Å². The summed E-state index contributed by atoms with van der Waals surface area (Å²) in [6.07, 6.45) is 0.233. The average Bonchev–Trinajstić information content (AvgIpc) is 2.26. The third kappa shape index (κ3) is 4.14. The Morgan fingerprint density at radius 3 is 2.56 bits per heavy atom. The Morgan fingerprint density at radius 1 is 1.39 bits per heavy atom. The van der Waals surface area contributed by atoms with Crippen LogP contribution in [0, 0.1) is 10.1 Å². The number of amides is 1. The Morgan fingerprint density at radius 2 is 2.06 bits per heavy atom. The van der Waals surface area contributed by atoms with E-state index >= 15 is 0 Å². The smallest absolute Gasteiger partial charge is 0.288 e. The van der Waals surface area contributed by atoms with Crippen molar-refractivity contribution in [3.63, 3.8) is 0 Å². The van der Waals surface area contributed by atoms with Crippen LogP contribution >= 0.6 is 11.6 Å². The van der Waals surface area contributed by atoms with Gasteiger partial charge in [-0.25, -0.2) is 0 Å². The van der Waals surface area contributed by atoms with Gasteiger partial charge in [-0.2, -0.15) is 0 Å². The molecule has 1 amide bonds. The van der Waals surface area contributed by atoms with E-state index in [2.05, 4.69) is 5.32 Å². The van der Waals surface area contributed by atoms with Crippen LogP contribution in [-0.2, 0) is 9.59 Å². The molecule has 1 rings (SSSR count). The molecule has 18 heavy (non-hydrogen) atoms. The molecule has 1 aromatic carbocycles. The van der Waals surface area contributed by atoms with E-state index < -0.39 is 4.92 Å². The first kappa shape index (κ1) is 14.1. The van der Waals surface area contributed by atoms with Crippen molar-refractivity contribution in [1.29, 1.82) is 0 Å². The first-order valence-electron chi connectivity index (χ1n) is 5.13. The van der Waals surface area contributed by atoms with Crippen LogP contribution in [0.25, 0.3) is 0 Å². The number of nitrogens with zero attached hydrogens (tertiary/aromatic N) is 1. The molecule has 0 aliphatic heterocycles. The van der Waals surface area contributed by atoms with Gasteiger partial charge in [-0.3, -0.25) is 14.9 Å². The number of ketones is 1. The molecule has 96 valence electrons. The largest absolute Gasteiger partial charge is 0.326 e. The van der Waals surface area contributed by atoms with Crippen molar-refractivity contribution in [3.8, 4) is 0 Å². The van der Waals surface area contributed by atoms with Gasteiger partial charge >= 0.3 is 0 Å². The Bertz CT molecular complexity index is 502. The molecule has 0 heterocycles. The lowest BCUT2D eigenvalue weighted by atomic mass is 10.2. The van der Waals surface area contributed by atoms with Crippen LogP contribution in [0.3, 0.4) is 0 Å². The van der Waals surface area contributed by atoms with Crippen LogP contribution in [0.4, 0.5) is 11.4 Å². The number of nitro groups is 1. The third-order valence-electron chi connectivity index (χ3n) is 2.13. The summed E-state index contributed by atoms with van der Waals surface area (Å²) < 4.78 is 0. The molecule has 0 saturated carbocycles. The molecule has 0 spiro atoms. The number of hydrogen-bond donors (Lipinski definition) is 1. The molecule has 1 aromatic rings. The molecular formula is C11H11ClN2O4. The number of benzene rings is 1. The molecule has 0 saturated heterocycles. The highest BCUT2D eigenvalue weighted by Gasteiger charge is 2.13. The molecule has 0 bridgehead atoms. The summed E-state index contributed by atoms with van der Waals surface area (Å²) in [4.78, 5) is 32.0. The molecule has 1 N–H and O–H groups in total. The lowest BCUT2D eigenvalue weighted by Gasteiger charge is -2.04. The molecule has 0 unspecified atom stereocenters. The highest BCUT2D eigenvalue weighted by Crippen LogP contribution is 2.27. The summed E-state index contributed by atoms with van der Waals surface area (Å²) in [5.74, 6) is -0.415. The topological polar surface area (TPSA) is 89.3 Å². The van der Waals surface area contributed by atoms with E-state index in [9.17, 15) is 19.7 Å². The Labute approximate surface area is 108 Å². The van der Waals surface area contributed by atoms with Crippen molar-refractivity contribution in [2.45, 2.75) is 19.8 Å². The van der Waals surface area contributed by atoms with Gasteiger partial charge in [-0.1, -0.05) is 11.6 Å². The summed E-state index contributed by atoms with van der Waals surface area (Å²) in [7, 11) is 0. The zero-order chi connectivity index (χ0) is 13.7. The van der Waals surface area contributed by atoms with Crippen molar-refractivity contribution in [3.05, 3.63) is 33.3 Å². The van der Waals surface area contributed by atoms with Crippen molar-refractivity contribution in [2.24, 2.45) is 0 Å². The number of Topliss-reactive ketones (excluding diaryl/α,β-unsaturated/α-hetero) is 1. The number of nitrogens with one attached hydrogen (secondary N) is 1. The second kappa shape index (κ2) is 6.11. The zero-order valence-electron chi connectivity index (χ0n) is 9.60. The van der Waals surface area contributed by atoms with Gasteiger partial charge < -0.3 is 10.1 Å². The van der Waals surface area contributed by atoms with Gasteiger partial charge in [0, 0.05) is 24.6 Å². The molecule has 0 aliphatic rings. The number of anilines is 1. The lowest BCUT2D eigenvalue weighted by molar-refractivity contribution is -0.384. The maximum Gasteiger partial charge on any atom is 0.288 e. The minimum absolute atomic E-state index is 0.0515. The molecule has 0 atom stereocenters. The summed E-state index contributed by atoms with van der Waals surface area (Å²) in [6.45, 7) is 1.40. The average molecular weight is 271 g/mol. The van der Waals surface area contributed by atoms with Gasteiger partial charge in [-0.15, -0.1) is 0 Å². The number of rotatable bonds is 5. The fourth-order valence-electron chi connectivity index (χ4n) is 1.25. The molecule has 0 aromatic heterocycles. The predicted molar refractivity (Wildman–Crippen MR) is 66.7 cm³/mol. The third-order valence-corrected chi connectivity index (χ3v) is 2.43. The second-order valence-corrected chi connectivity index (χ2v) is 4.08. The SMILES string of the molecule is CC(=O)CCC(=O)Nc1ccc([N+](=O)[O-])c(Cl)c1. The van der Waals surface area contributed by atoms with Gasteiger partial charge in [0.2, 0.25) is 5.91 Å². The monoisotopic (exact) mass is 270 g/mol. The van der Waals surface area contributed by atoms with Gasteiger partial charge in [0.05, 0.1) is 4.92 Å². The van der Waals surface area contributed by atoms with E-state index in [-0.39, 0.29) is 35.2 Å².